The van der Waals surface area contributed by atoms with E-state index in [4.69, 9.17) is 4.74 Å². The number of hydrogen-bond donors (Lipinski definition) is 0. The Balaban J connectivity index is 1.83. The van der Waals surface area contributed by atoms with Crippen molar-refractivity contribution in [3.05, 3.63) is 66.2 Å². The monoisotopic (exact) mass is 379 g/mol. The van der Waals surface area contributed by atoms with Gasteiger partial charge in [-0.05, 0) is 35.9 Å². The normalized spacial score (nSPS) is 11.3. The van der Waals surface area contributed by atoms with E-state index >= 15 is 0 Å². The van der Waals surface area contributed by atoms with Crippen molar-refractivity contribution in [3.8, 4) is 5.75 Å². The van der Waals surface area contributed by atoms with Crippen LogP contribution in [0.3, 0.4) is 0 Å². The Morgan fingerprint density at radius 2 is 1.67 bits per heavy atom. The van der Waals surface area contributed by atoms with E-state index in [0.717, 1.165) is 18.2 Å². The number of carbonyl (C=O) groups is 2. The maximum atomic E-state index is 12.1. The summed E-state index contributed by atoms with van der Waals surface area (Å²) in [5.74, 6) is -1.52. The topological polar surface area (TPSA) is 55.8 Å². The molecule has 0 unspecified atom stereocenters. The van der Waals surface area contributed by atoms with Crippen molar-refractivity contribution in [2.75, 3.05) is 18.6 Å². The number of halogens is 3. The Bertz CT molecular complexity index is 802. The predicted octanol–water partition coefficient (Wildman–Crippen LogP) is 3.80. The van der Waals surface area contributed by atoms with Crippen LogP contribution < -0.4 is 9.64 Å². The number of carbonyl (C=O) groups excluding carboxylic acids is 2. The van der Waals surface area contributed by atoms with Gasteiger partial charge in [0.15, 0.2) is 6.61 Å². The smallest absolute Gasteiger partial charge is 0.452 e. The van der Waals surface area contributed by atoms with Crippen molar-refractivity contribution in [1.82, 2.24) is 0 Å². The number of rotatable bonds is 6. The minimum absolute atomic E-state index is 0.364. The molecule has 0 spiro atoms. The van der Waals surface area contributed by atoms with E-state index in [1.54, 1.807) is 31.3 Å². The summed E-state index contributed by atoms with van der Waals surface area (Å²) in [4.78, 5) is 25.0. The van der Waals surface area contributed by atoms with Crippen molar-refractivity contribution in [3.63, 3.8) is 0 Å². The summed E-state index contributed by atoms with van der Waals surface area (Å²) < 4.78 is 44.9. The van der Waals surface area contributed by atoms with Crippen LogP contribution in [0.15, 0.2) is 60.7 Å². The lowest BCUT2D eigenvalue weighted by atomic mass is 10.2. The van der Waals surface area contributed by atoms with Crippen LogP contribution in [0.2, 0.25) is 0 Å². The van der Waals surface area contributed by atoms with E-state index in [1.807, 2.05) is 6.07 Å². The Kier molecular flexibility index (Phi) is 6.59. The first-order valence-electron chi connectivity index (χ1n) is 7.77. The van der Waals surface area contributed by atoms with Gasteiger partial charge in [0, 0.05) is 18.8 Å². The average Bonchev–Trinajstić information content (AvgIpc) is 2.64. The SMILES string of the molecule is CN(C(=O)COC(=O)/C=C/c1ccc(OC(F)(F)F)cc1)c1ccccc1. The fourth-order valence-electron chi connectivity index (χ4n) is 2.02. The van der Waals surface area contributed by atoms with Gasteiger partial charge >= 0.3 is 12.3 Å². The lowest BCUT2D eigenvalue weighted by Crippen LogP contribution is -2.30. The van der Waals surface area contributed by atoms with Gasteiger partial charge in [0.1, 0.15) is 5.75 Å². The fourth-order valence-corrected chi connectivity index (χ4v) is 2.02. The summed E-state index contributed by atoms with van der Waals surface area (Å²) in [6.07, 6.45) is -2.33. The van der Waals surface area contributed by atoms with E-state index < -0.39 is 24.8 Å². The van der Waals surface area contributed by atoms with Gasteiger partial charge in [0.25, 0.3) is 5.91 Å². The van der Waals surface area contributed by atoms with Crippen LogP contribution in [0.1, 0.15) is 5.56 Å². The van der Waals surface area contributed by atoms with Gasteiger partial charge in [0.05, 0.1) is 0 Å². The average molecular weight is 379 g/mol. The second kappa shape index (κ2) is 8.88. The molecule has 2 aromatic carbocycles. The molecule has 0 aromatic heterocycles. The summed E-state index contributed by atoms with van der Waals surface area (Å²) in [6.45, 7) is -0.438. The van der Waals surface area contributed by atoms with Gasteiger partial charge in [0.2, 0.25) is 0 Å². The van der Waals surface area contributed by atoms with Gasteiger partial charge in [-0.1, -0.05) is 30.3 Å². The second-order valence-corrected chi connectivity index (χ2v) is 5.35. The molecule has 8 heteroatoms. The van der Waals surface area contributed by atoms with Gasteiger partial charge in [-0.25, -0.2) is 4.79 Å². The number of ether oxygens (including phenoxy) is 2. The van der Waals surface area contributed by atoms with Crippen molar-refractivity contribution in [2.45, 2.75) is 6.36 Å². The zero-order chi connectivity index (χ0) is 19.9. The number of likely N-dealkylation sites (N-methyl/N-ethyl adjacent to an activating group) is 1. The number of alkyl halides is 3. The first-order chi connectivity index (χ1) is 12.7. The van der Waals surface area contributed by atoms with Crippen LogP contribution in [-0.4, -0.2) is 31.9 Å². The highest BCUT2D eigenvalue weighted by molar-refractivity contribution is 5.96. The number of anilines is 1. The summed E-state index contributed by atoms with van der Waals surface area (Å²) >= 11 is 0. The molecule has 2 aromatic rings. The van der Waals surface area contributed by atoms with Crippen LogP contribution >= 0.6 is 0 Å². The van der Waals surface area contributed by atoms with Crippen LogP contribution in [0.4, 0.5) is 18.9 Å². The number of hydrogen-bond acceptors (Lipinski definition) is 4. The number of amides is 1. The van der Waals surface area contributed by atoms with Crippen molar-refractivity contribution >= 4 is 23.6 Å². The van der Waals surface area contributed by atoms with Gasteiger partial charge < -0.3 is 14.4 Å². The molecule has 27 heavy (non-hydrogen) atoms. The fraction of sp³-hybridized carbons (Fsp3) is 0.158. The van der Waals surface area contributed by atoms with Gasteiger partial charge in [-0.3, -0.25) is 4.79 Å². The largest absolute Gasteiger partial charge is 0.573 e. The number of nitrogens with zero attached hydrogens (tertiary/aromatic N) is 1. The van der Waals surface area contributed by atoms with Gasteiger partial charge in [-0.2, -0.15) is 0 Å². The zero-order valence-corrected chi connectivity index (χ0v) is 14.3. The van der Waals surface area contributed by atoms with Gasteiger partial charge in [-0.15, -0.1) is 13.2 Å². The molecular formula is C19H16F3NO4. The first kappa shape index (κ1) is 20.0. The van der Waals surface area contributed by atoms with Crippen LogP contribution in [0, 0.1) is 0 Å². The van der Waals surface area contributed by atoms with Crippen molar-refractivity contribution < 1.29 is 32.2 Å². The Hall–Kier alpha value is -3.29. The first-order valence-corrected chi connectivity index (χ1v) is 7.77. The molecule has 5 nitrogen and oxygen atoms in total. The zero-order valence-electron chi connectivity index (χ0n) is 14.3. The number of para-hydroxylation sites is 1. The molecule has 0 N–H and O–H groups in total. The second-order valence-electron chi connectivity index (χ2n) is 5.35. The molecule has 0 aliphatic carbocycles. The lowest BCUT2D eigenvalue weighted by molar-refractivity contribution is -0.274. The molecule has 0 bridgehead atoms. The summed E-state index contributed by atoms with van der Waals surface area (Å²) in [6, 6.07) is 13.8. The molecular weight excluding hydrogens is 363 g/mol. The van der Waals surface area contributed by atoms with E-state index in [9.17, 15) is 22.8 Å². The highest BCUT2D eigenvalue weighted by Crippen LogP contribution is 2.23. The Labute approximate surface area is 153 Å². The molecule has 2 rings (SSSR count). The molecule has 0 aliphatic rings. The molecule has 0 heterocycles. The third-order valence-corrected chi connectivity index (χ3v) is 3.38. The number of benzene rings is 2. The number of esters is 1. The lowest BCUT2D eigenvalue weighted by Gasteiger charge is -2.16. The molecule has 142 valence electrons. The third kappa shape index (κ3) is 6.85. The van der Waals surface area contributed by atoms with Crippen LogP contribution in [0.5, 0.6) is 5.75 Å². The van der Waals surface area contributed by atoms with E-state index in [0.29, 0.717) is 11.3 Å². The maximum absolute atomic E-state index is 12.1. The highest BCUT2D eigenvalue weighted by atomic mass is 19.4. The van der Waals surface area contributed by atoms with E-state index in [2.05, 4.69) is 4.74 Å². The standard InChI is InChI=1S/C19H16F3NO4/c1-23(15-5-3-2-4-6-15)17(24)13-26-18(25)12-9-14-7-10-16(11-8-14)27-19(20,21)22/h2-12H,13H2,1H3/b12-9+. The molecule has 0 saturated heterocycles. The Morgan fingerprint density at radius 3 is 2.26 bits per heavy atom. The highest BCUT2D eigenvalue weighted by Gasteiger charge is 2.30. The summed E-state index contributed by atoms with van der Waals surface area (Å²) in [7, 11) is 1.56. The van der Waals surface area contributed by atoms with E-state index in [1.165, 1.54) is 23.1 Å². The van der Waals surface area contributed by atoms with Crippen LogP contribution in [0.25, 0.3) is 6.08 Å². The molecule has 0 radical (unpaired) electrons. The van der Waals surface area contributed by atoms with E-state index in [-0.39, 0.29) is 5.75 Å². The van der Waals surface area contributed by atoms with Crippen LogP contribution in [-0.2, 0) is 14.3 Å². The predicted molar refractivity (Wildman–Crippen MR) is 93.0 cm³/mol. The van der Waals surface area contributed by atoms with Crippen molar-refractivity contribution in [1.29, 1.82) is 0 Å². The Morgan fingerprint density at radius 1 is 1.04 bits per heavy atom. The molecule has 0 saturated carbocycles. The van der Waals surface area contributed by atoms with Crippen molar-refractivity contribution in [2.24, 2.45) is 0 Å². The maximum Gasteiger partial charge on any atom is 0.573 e. The quantitative estimate of drug-likeness (QED) is 0.566. The third-order valence-electron chi connectivity index (χ3n) is 3.38. The minimum atomic E-state index is -4.76. The summed E-state index contributed by atoms with van der Waals surface area (Å²) in [5.41, 5.74) is 1.13. The molecule has 1 amide bonds. The summed E-state index contributed by atoms with van der Waals surface area (Å²) in [5, 5.41) is 0. The molecule has 0 fully saturated rings. The molecule has 0 aliphatic heterocycles. The minimum Gasteiger partial charge on any atom is -0.452 e. The molecule has 0 atom stereocenters.